The topological polar surface area (TPSA) is 72.7 Å². The van der Waals surface area contributed by atoms with E-state index in [0.717, 1.165) is 5.82 Å². The minimum atomic E-state index is -0.314. The maximum absolute atomic E-state index is 11.7. The van der Waals surface area contributed by atoms with Gasteiger partial charge in [0.1, 0.15) is 11.5 Å². The van der Waals surface area contributed by atoms with Gasteiger partial charge < -0.3 is 0 Å². The number of aromatic nitrogens is 4. The monoisotopic (exact) mass is 217 g/mol. The van der Waals surface area contributed by atoms with Crippen molar-refractivity contribution in [2.24, 2.45) is 7.05 Å². The number of hydrogen-bond acceptors (Lipinski definition) is 4. The lowest BCUT2D eigenvalue weighted by Gasteiger charge is -1.98. The number of aryl methyl sites for hydroxylation is 2. The highest BCUT2D eigenvalue weighted by Crippen LogP contribution is 2.03. The fraction of sp³-hybridized carbons (Fsp3) is 0.200. The predicted molar refractivity (Wildman–Crippen MR) is 57.9 cm³/mol. The van der Waals surface area contributed by atoms with Crippen molar-refractivity contribution < 1.29 is 4.79 Å². The Morgan fingerprint density at radius 1 is 1.44 bits per heavy atom. The third kappa shape index (κ3) is 2.05. The van der Waals surface area contributed by atoms with Gasteiger partial charge in [0.15, 0.2) is 0 Å². The van der Waals surface area contributed by atoms with Gasteiger partial charge in [-0.25, -0.2) is 0 Å². The molecule has 0 fully saturated rings. The van der Waals surface area contributed by atoms with Crippen LogP contribution in [-0.2, 0) is 7.05 Å². The molecule has 0 aliphatic rings. The molecule has 0 bridgehead atoms. The van der Waals surface area contributed by atoms with Crippen LogP contribution in [0.25, 0.3) is 0 Å². The summed E-state index contributed by atoms with van der Waals surface area (Å²) in [7, 11) is 1.76. The Morgan fingerprint density at radius 3 is 2.81 bits per heavy atom. The van der Waals surface area contributed by atoms with E-state index in [2.05, 4.69) is 20.4 Å². The van der Waals surface area contributed by atoms with Crippen LogP contribution in [0, 0.1) is 6.92 Å². The van der Waals surface area contributed by atoms with Crippen LogP contribution in [0.4, 0.5) is 5.95 Å². The first-order valence-corrected chi connectivity index (χ1v) is 4.77. The van der Waals surface area contributed by atoms with E-state index in [1.54, 1.807) is 36.1 Å². The lowest BCUT2D eigenvalue weighted by molar-refractivity contribution is 0.102. The average molecular weight is 217 g/mol. The molecule has 6 heteroatoms. The molecule has 1 amide bonds. The molecule has 1 N–H and O–H groups in total. The van der Waals surface area contributed by atoms with Crippen LogP contribution in [0.15, 0.2) is 24.4 Å². The van der Waals surface area contributed by atoms with E-state index in [1.807, 2.05) is 6.92 Å². The fourth-order valence-corrected chi connectivity index (χ4v) is 1.18. The van der Waals surface area contributed by atoms with Gasteiger partial charge in [-0.15, -0.1) is 5.10 Å². The van der Waals surface area contributed by atoms with E-state index < -0.39 is 0 Å². The second-order valence-electron chi connectivity index (χ2n) is 3.28. The summed E-state index contributed by atoms with van der Waals surface area (Å²) in [6, 6.07) is 5.13. The van der Waals surface area contributed by atoms with Crippen LogP contribution in [0.5, 0.6) is 0 Å². The van der Waals surface area contributed by atoms with Gasteiger partial charge in [0.2, 0.25) is 5.95 Å². The molecule has 0 radical (unpaired) electrons. The second kappa shape index (κ2) is 4.09. The van der Waals surface area contributed by atoms with Gasteiger partial charge in [-0.05, 0) is 19.1 Å². The quantitative estimate of drug-likeness (QED) is 0.806. The molecule has 2 rings (SSSR count). The molecular weight excluding hydrogens is 206 g/mol. The third-order valence-corrected chi connectivity index (χ3v) is 2.10. The summed E-state index contributed by atoms with van der Waals surface area (Å²) in [6.07, 6.45) is 1.56. The number of hydrogen-bond donors (Lipinski definition) is 1. The molecule has 0 saturated carbocycles. The second-order valence-corrected chi connectivity index (χ2v) is 3.28. The first-order valence-electron chi connectivity index (χ1n) is 4.77. The van der Waals surface area contributed by atoms with Crippen molar-refractivity contribution in [2.75, 3.05) is 5.32 Å². The summed E-state index contributed by atoms with van der Waals surface area (Å²) in [5, 5.41) is 6.60. The number of carbonyl (C=O) groups is 1. The molecule has 82 valence electrons. The number of anilines is 1. The molecule has 0 aliphatic carbocycles. The number of carbonyl (C=O) groups excluding carboxylic acids is 1. The Bertz CT molecular complexity index is 486. The Labute approximate surface area is 92.3 Å². The Balaban J connectivity index is 2.14. The van der Waals surface area contributed by atoms with Crippen LogP contribution in [-0.4, -0.2) is 25.7 Å². The van der Waals surface area contributed by atoms with Gasteiger partial charge in [0.05, 0.1) is 0 Å². The van der Waals surface area contributed by atoms with Gasteiger partial charge in [-0.3, -0.25) is 19.8 Å². The van der Waals surface area contributed by atoms with Crippen molar-refractivity contribution in [3.8, 4) is 0 Å². The maximum Gasteiger partial charge on any atom is 0.276 e. The van der Waals surface area contributed by atoms with Crippen LogP contribution in [0.2, 0.25) is 0 Å². The normalized spacial score (nSPS) is 10.1. The van der Waals surface area contributed by atoms with Gasteiger partial charge in [0, 0.05) is 13.2 Å². The SMILES string of the molecule is Cc1nc(NC(=O)c2ccccn2)nn1C. The molecule has 0 aromatic carbocycles. The average Bonchev–Trinajstić information content (AvgIpc) is 2.59. The standard InChI is InChI=1S/C10H11N5O/c1-7-12-10(14-15(7)2)13-9(16)8-5-3-4-6-11-8/h3-6H,1-2H3,(H,13,14,16). The van der Waals surface area contributed by atoms with Crippen molar-refractivity contribution >= 4 is 11.9 Å². The van der Waals surface area contributed by atoms with Gasteiger partial charge >= 0.3 is 0 Å². The summed E-state index contributed by atoms with van der Waals surface area (Å²) in [5.41, 5.74) is 0.340. The van der Waals surface area contributed by atoms with Crippen molar-refractivity contribution in [1.82, 2.24) is 19.7 Å². The summed E-state index contributed by atoms with van der Waals surface area (Å²) in [6.45, 7) is 1.81. The lowest BCUT2D eigenvalue weighted by atomic mass is 10.3. The number of pyridine rings is 1. The van der Waals surface area contributed by atoms with Crippen LogP contribution in [0.3, 0.4) is 0 Å². The highest BCUT2D eigenvalue weighted by atomic mass is 16.2. The van der Waals surface area contributed by atoms with Gasteiger partial charge in [-0.2, -0.15) is 4.98 Å². The van der Waals surface area contributed by atoms with Crippen molar-refractivity contribution in [3.05, 3.63) is 35.9 Å². The maximum atomic E-state index is 11.7. The summed E-state index contributed by atoms with van der Waals surface area (Å²) >= 11 is 0. The molecule has 0 atom stereocenters. The molecular formula is C10H11N5O. The first kappa shape index (κ1) is 10.3. The van der Waals surface area contributed by atoms with Crippen LogP contribution in [0.1, 0.15) is 16.3 Å². The largest absolute Gasteiger partial charge is 0.288 e. The van der Waals surface area contributed by atoms with Gasteiger partial charge in [-0.1, -0.05) is 6.07 Å². The smallest absolute Gasteiger partial charge is 0.276 e. The molecule has 16 heavy (non-hydrogen) atoms. The molecule has 0 unspecified atom stereocenters. The zero-order chi connectivity index (χ0) is 11.5. The molecule has 0 saturated heterocycles. The van der Waals surface area contributed by atoms with E-state index in [-0.39, 0.29) is 11.9 Å². The first-order chi connectivity index (χ1) is 7.66. The summed E-state index contributed by atoms with van der Waals surface area (Å²) < 4.78 is 1.59. The number of amides is 1. The zero-order valence-electron chi connectivity index (χ0n) is 9.01. The van der Waals surface area contributed by atoms with Crippen molar-refractivity contribution in [3.63, 3.8) is 0 Å². The van der Waals surface area contributed by atoms with E-state index >= 15 is 0 Å². The number of rotatable bonds is 2. The van der Waals surface area contributed by atoms with Crippen LogP contribution < -0.4 is 5.32 Å². The molecule has 0 spiro atoms. The van der Waals surface area contributed by atoms with Crippen LogP contribution >= 0.6 is 0 Å². The summed E-state index contributed by atoms with van der Waals surface area (Å²) in [4.78, 5) is 19.7. The highest BCUT2D eigenvalue weighted by molar-refractivity contribution is 6.01. The molecule has 2 heterocycles. The summed E-state index contributed by atoms with van der Waals surface area (Å²) in [5.74, 6) is 0.707. The minimum Gasteiger partial charge on any atom is -0.288 e. The van der Waals surface area contributed by atoms with Gasteiger partial charge in [0.25, 0.3) is 5.91 Å². The van der Waals surface area contributed by atoms with Crippen molar-refractivity contribution in [2.45, 2.75) is 6.92 Å². The van der Waals surface area contributed by atoms with E-state index in [0.29, 0.717) is 5.69 Å². The van der Waals surface area contributed by atoms with E-state index in [4.69, 9.17) is 0 Å². The number of nitrogens with zero attached hydrogens (tertiary/aromatic N) is 4. The Morgan fingerprint density at radius 2 is 2.25 bits per heavy atom. The van der Waals surface area contributed by atoms with E-state index in [9.17, 15) is 4.79 Å². The lowest BCUT2D eigenvalue weighted by Crippen LogP contribution is -2.14. The minimum absolute atomic E-state index is 0.288. The Kier molecular flexibility index (Phi) is 2.63. The third-order valence-electron chi connectivity index (χ3n) is 2.10. The fourth-order valence-electron chi connectivity index (χ4n) is 1.18. The number of nitrogens with one attached hydrogen (secondary N) is 1. The van der Waals surface area contributed by atoms with Crippen molar-refractivity contribution in [1.29, 1.82) is 0 Å². The molecule has 2 aromatic heterocycles. The molecule has 0 aliphatic heterocycles. The van der Waals surface area contributed by atoms with E-state index in [1.165, 1.54) is 0 Å². The molecule has 2 aromatic rings. The predicted octanol–water partition coefficient (Wildman–Crippen LogP) is 0.771. The highest BCUT2D eigenvalue weighted by Gasteiger charge is 2.10. The Hall–Kier alpha value is -2.24. The zero-order valence-corrected chi connectivity index (χ0v) is 9.01. The molecule has 6 nitrogen and oxygen atoms in total.